The van der Waals surface area contributed by atoms with E-state index >= 15 is 0 Å². The Hall–Kier alpha value is -2.87. The van der Waals surface area contributed by atoms with Crippen molar-refractivity contribution >= 4 is 17.3 Å². The summed E-state index contributed by atoms with van der Waals surface area (Å²) in [5.74, 6) is -0.0952. The summed E-state index contributed by atoms with van der Waals surface area (Å²) < 4.78 is 0. The minimum atomic E-state index is -0.0952. The summed E-state index contributed by atoms with van der Waals surface area (Å²) >= 11 is 0. The van der Waals surface area contributed by atoms with Crippen LogP contribution >= 0.6 is 0 Å². The average Bonchev–Trinajstić information content (AvgIpc) is 2.56. The maximum absolute atomic E-state index is 12.3. The Bertz CT molecular complexity index is 702. The number of carbonyl (C=O) groups excluding carboxylic acids is 1. The average molecular weight is 294 g/mol. The van der Waals surface area contributed by atoms with Gasteiger partial charge in [-0.15, -0.1) is 0 Å². The number of nitriles is 1. The van der Waals surface area contributed by atoms with Gasteiger partial charge in [-0.1, -0.05) is 12.1 Å². The molecule has 1 amide bonds. The molecule has 0 atom stereocenters. The number of amides is 1. The number of carbonyl (C=O) groups is 1. The van der Waals surface area contributed by atoms with Gasteiger partial charge in [0.05, 0.1) is 11.3 Å². The molecule has 0 bridgehead atoms. The zero-order chi connectivity index (χ0) is 15.9. The maximum Gasteiger partial charge on any atom is 0.272 e. The fraction of sp³-hybridized carbons (Fsp3) is 0.235. The van der Waals surface area contributed by atoms with E-state index in [9.17, 15) is 4.79 Å². The lowest BCUT2D eigenvalue weighted by molar-refractivity contribution is 0.0767. The zero-order valence-electron chi connectivity index (χ0n) is 12.7. The Morgan fingerprint density at radius 1 is 1.27 bits per heavy atom. The van der Waals surface area contributed by atoms with Crippen LogP contribution in [0.5, 0.6) is 0 Å². The van der Waals surface area contributed by atoms with Gasteiger partial charge in [0.25, 0.3) is 5.91 Å². The summed E-state index contributed by atoms with van der Waals surface area (Å²) in [6, 6.07) is 12.8. The molecule has 0 saturated heterocycles. The van der Waals surface area contributed by atoms with E-state index in [2.05, 4.69) is 16.4 Å². The van der Waals surface area contributed by atoms with Crippen LogP contribution in [0.15, 0.2) is 42.6 Å². The molecular formula is C17H18N4O. The second kappa shape index (κ2) is 7.23. The quantitative estimate of drug-likeness (QED) is 0.919. The van der Waals surface area contributed by atoms with E-state index in [1.165, 1.54) is 0 Å². The summed E-state index contributed by atoms with van der Waals surface area (Å²) in [5, 5.41) is 12.3. The number of anilines is 2. The van der Waals surface area contributed by atoms with Crippen molar-refractivity contribution in [3.63, 3.8) is 0 Å². The summed E-state index contributed by atoms with van der Waals surface area (Å²) in [6.07, 6.45) is 1.59. The molecule has 2 rings (SSSR count). The molecule has 0 unspecified atom stereocenters. The fourth-order valence-electron chi connectivity index (χ4n) is 2.14. The van der Waals surface area contributed by atoms with Gasteiger partial charge in [0, 0.05) is 25.0 Å². The SMILES string of the molecule is CCN(CC)C(=O)c1cc(Nc2ccccc2C#N)ccn1. The molecule has 0 saturated carbocycles. The molecule has 0 aliphatic rings. The second-order valence-corrected chi connectivity index (χ2v) is 4.69. The molecule has 1 N–H and O–H groups in total. The lowest BCUT2D eigenvalue weighted by Crippen LogP contribution is -2.31. The number of rotatable bonds is 5. The van der Waals surface area contributed by atoms with Gasteiger partial charge in [0.15, 0.2) is 0 Å². The largest absolute Gasteiger partial charge is 0.354 e. The highest BCUT2D eigenvalue weighted by atomic mass is 16.2. The molecule has 5 heteroatoms. The van der Waals surface area contributed by atoms with E-state index in [-0.39, 0.29) is 5.91 Å². The number of pyridine rings is 1. The highest BCUT2D eigenvalue weighted by Crippen LogP contribution is 2.20. The van der Waals surface area contributed by atoms with Gasteiger partial charge in [-0.05, 0) is 38.1 Å². The third-order valence-corrected chi connectivity index (χ3v) is 3.36. The minimum absolute atomic E-state index is 0.0952. The van der Waals surface area contributed by atoms with Crippen LogP contribution in [0.3, 0.4) is 0 Å². The van der Waals surface area contributed by atoms with Crippen LogP contribution in [-0.4, -0.2) is 28.9 Å². The minimum Gasteiger partial charge on any atom is -0.354 e. The fourth-order valence-corrected chi connectivity index (χ4v) is 2.14. The molecule has 0 spiro atoms. The van der Waals surface area contributed by atoms with Crippen LogP contribution in [0.25, 0.3) is 0 Å². The van der Waals surface area contributed by atoms with E-state index in [1.54, 1.807) is 29.3 Å². The molecule has 1 aromatic heterocycles. The van der Waals surface area contributed by atoms with E-state index in [0.717, 1.165) is 5.69 Å². The monoisotopic (exact) mass is 294 g/mol. The standard InChI is InChI=1S/C17H18N4O/c1-3-21(4-2)17(22)16-11-14(9-10-19-16)20-15-8-6-5-7-13(15)12-18/h5-11H,3-4H2,1-2H3,(H,19,20). The number of hydrogen-bond acceptors (Lipinski definition) is 4. The van der Waals surface area contributed by atoms with Gasteiger partial charge in [-0.3, -0.25) is 9.78 Å². The van der Waals surface area contributed by atoms with Crippen molar-refractivity contribution in [1.82, 2.24) is 9.88 Å². The van der Waals surface area contributed by atoms with Crippen molar-refractivity contribution in [2.75, 3.05) is 18.4 Å². The molecule has 0 fully saturated rings. The number of aromatic nitrogens is 1. The van der Waals surface area contributed by atoms with Crippen molar-refractivity contribution in [3.05, 3.63) is 53.9 Å². The number of nitrogens with one attached hydrogen (secondary N) is 1. The number of benzene rings is 1. The van der Waals surface area contributed by atoms with Gasteiger partial charge < -0.3 is 10.2 Å². The Labute approximate surface area is 130 Å². The van der Waals surface area contributed by atoms with Crippen molar-refractivity contribution < 1.29 is 4.79 Å². The Balaban J connectivity index is 2.26. The van der Waals surface area contributed by atoms with Crippen molar-refractivity contribution in [2.24, 2.45) is 0 Å². The predicted molar refractivity (Wildman–Crippen MR) is 85.9 cm³/mol. The Morgan fingerprint density at radius 2 is 2.00 bits per heavy atom. The first kappa shape index (κ1) is 15.5. The lowest BCUT2D eigenvalue weighted by Gasteiger charge is -2.18. The van der Waals surface area contributed by atoms with E-state index in [1.807, 2.05) is 32.0 Å². The normalized spacial score (nSPS) is 9.86. The zero-order valence-corrected chi connectivity index (χ0v) is 12.7. The second-order valence-electron chi connectivity index (χ2n) is 4.69. The summed E-state index contributed by atoms with van der Waals surface area (Å²) in [5.41, 5.74) is 2.38. The highest BCUT2D eigenvalue weighted by Gasteiger charge is 2.14. The number of nitrogens with zero attached hydrogens (tertiary/aromatic N) is 3. The Kier molecular flexibility index (Phi) is 5.10. The van der Waals surface area contributed by atoms with E-state index in [0.29, 0.717) is 30.0 Å². The highest BCUT2D eigenvalue weighted by molar-refractivity contribution is 5.93. The third kappa shape index (κ3) is 3.41. The van der Waals surface area contributed by atoms with Crippen molar-refractivity contribution in [3.8, 4) is 6.07 Å². The third-order valence-electron chi connectivity index (χ3n) is 3.36. The van der Waals surface area contributed by atoms with Gasteiger partial charge >= 0.3 is 0 Å². The summed E-state index contributed by atoms with van der Waals surface area (Å²) in [6.45, 7) is 5.16. The maximum atomic E-state index is 12.3. The molecule has 1 heterocycles. The number of hydrogen-bond donors (Lipinski definition) is 1. The smallest absolute Gasteiger partial charge is 0.272 e. The molecular weight excluding hydrogens is 276 g/mol. The van der Waals surface area contributed by atoms with Crippen LogP contribution in [0.4, 0.5) is 11.4 Å². The first-order valence-corrected chi connectivity index (χ1v) is 7.21. The van der Waals surface area contributed by atoms with Crippen LogP contribution in [0.2, 0.25) is 0 Å². The predicted octanol–water partition coefficient (Wildman–Crippen LogP) is 3.18. The molecule has 2 aromatic rings. The van der Waals surface area contributed by atoms with E-state index in [4.69, 9.17) is 5.26 Å². The van der Waals surface area contributed by atoms with Crippen molar-refractivity contribution in [2.45, 2.75) is 13.8 Å². The Morgan fingerprint density at radius 3 is 2.68 bits per heavy atom. The van der Waals surface area contributed by atoms with Crippen LogP contribution < -0.4 is 5.32 Å². The summed E-state index contributed by atoms with van der Waals surface area (Å²) in [7, 11) is 0. The van der Waals surface area contributed by atoms with Gasteiger partial charge in [-0.2, -0.15) is 5.26 Å². The molecule has 22 heavy (non-hydrogen) atoms. The van der Waals surface area contributed by atoms with Crippen LogP contribution in [0.1, 0.15) is 29.9 Å². The van der Waals surface area contributed by atoms with Gasteiger partial charge in [0.2, 0.25) is 0 Å². The van der Waals surface area contributed by atoms with Crippen LogP contribution in [-0.2, 0) is 0 Å². The molecule has 112 valence electrons. The van der Waals surface area contributed by atoms with Crippen molar-refractivity contribution in [1.29, 1.82) is 5.26 Å². The molecule has 0 aliphatic heterocycles. The van der Waals surface area contributed by atoms with E-state index < -0.39 is 0 Å². The molecule has 5 nitrogen and oxygen atoms in total. The lowest BCUT2D eigenvalue weighted by atomic mass is 10.2. The van der Waals surface area contributed by atoms with Crippen LogP contribution in [0, 0.1) is 11.3 Å². The first-order chi connectivity index (χ1) is 10.7. The first-order valence-electron chi connectivity index (χ1n) is 7.21. The van der Waals surface area contributed by atoms with Gasteiger partial charge in [-0.25, -0.2) is 0 Å². The number of para-hydroxylation sites is 1. The molecule has 1 aromatic carbocycles. The van der Waals surface area contributed by atoms with Gasteiger partial charge in [0.1, 0.15) is 11.8 Å². The molecule has 0 aliphatic carbocycles. The topological polar surface area (TPSA) is 69.0 Å². The summed E-state index contributed by atoms with van der Waals surface area (Å²) in [4.78, 5) is 18.2. The molecule has 0 radical (unpaired) electrons.